The first-order chi connectivity index (χ1) is 8.04. The molecule has 0 spiro atoms. The molecular formula is C10H12N2O5. The van der Waals surface area contributed by atoms with E-state index in [1.165, 1.54) is 12.1 Å². The van der Waals surface area contributed by atoms with Crippen LogP contribution in [0.1, 0.15) is 18.9 Å². The topological polar surface area (TPSA) is 95.5 Å². The van der Waals surface area contributed by atoms with E-state index in [-0.39, 0.29) is 18.0 Å². The number of non-ortho nitro benzene ring substituents is 2. The number of nitro benzene ring substituents is 2. The average Bonchev–Trinajstić information content (AvgIpc) is 2.29. The molecule has 1 rings (SSSR count). The molecule has 7 heteroatoms. The summed E-state index contributed by atoms with van der Waals surface area (Å²) in [6.07, 6.45) is 0.816. The number of ether oxygens (including phenoxy) is 1. The monoisotopic (exact) mass is 240 g/mol. The first-order valence-electron chi connectivity index (χ1n) is 5.05. The SMILES string of the molecule is CCCOCc1cc([N+](=O)[O-])cc([N+](=O)[O-])c1. The first-order valence-corrected chi connectivity index (χ1v) is 5.05. The van der Waals surface area contributed by atoms with Crippen LogP contribution in [0.3, 0.4) is 0 Å². The molecule has 92 valence electrons. The van der Waals surface area contributed by atoms with Gasteiger partial charge in [0.2, 0.25) is 0 Å². The lowest BCUT2D eigenvalue weighted by Crippen LogP contribution is -1.98. The molecule has 1 aromatic carbocycles. The Morgan fingerprint density at radius 1 is 1.12 bits per heavy atom. The molecule has 0 aliphatic carbocycles. The predicted octanol–water partition coefficient (Wildman–Crippen LogP) is 2.43. The van der Waals surface area contributed by atoms with Gasteiger partial charge >= 0.3 is 0 Å². The minimum Gasteiger partial charge on any atom is -0.377 e. The summed E-state index contributed by atoms with van der Waals surface area (Å²) in [7, 11) is 0. The van der Waals surface area contributed by atoms with Gasteiger partial charge in [-0.2, -0.15) is 0 Å². The summed E-state index contributed by atoms with van der Waals surface area (Å²) in [6, 6.07) is 3.49. The van der Waals surface area contributed by atoms with Crippen molar-refractivity contribution in [2.24, 2.45) is 0 Å². The van der Waals surface area contributed by atoms with Gasteiger partial charge in [-0.25, -0.2) is 0 Å². The fraction of sp³-hybridized carbons (Fsp3) is 0.400. The highest BCUT2D eigenvalue weighted by Gasteiger charge is 2.16. The first kappa shape index (κ1) is 13.0. The second-order valence-electron chi connectivity index (χ2n) is 3.42. The van der Waals surface area contributed by atoms with E-state index in [1.54, 1.807) is 0 Å². The Hall–Kier alpha value is -2.02. The van der Waals surface area contributed by atoms with Gasteiger partial charge in [-0.1, -0.05) is 6.92 Å². The Bertz CT molecular complexity index is 400. The smallest absolute Gasteiger partial charge is 0.276 e. The van der Waals surface area contributed by atoms with Gasteiger partial charge in [-0.05, 0) is 12.0 Å². The minimum absolute atomic E-state index is 0.135. The molecule has 7 nitrogen and oxygen atoms in total. The number of hydrogen-bond acceptors (Lipinski definition) is 5. The highest BCUT2D eigenvalue weighted by Crippen LogP contribution is 2.23. The molecule has 0 bridgehead atoms. The third-order valence-corrected chi connectivity index (χ3v) is 2.00. The summed E-state index contributed by atoms with van der Waals surface area (Å²) in [4.78, 5) is 19.9. The van der Waals surface area contributed by atoms with Crippen molar-refractivity contribution in [3.05, 3.63) is 44.0 Å². The Morgan fingerprint density at radius 2 is 1.65 bits per heavy atom. The Morgan fingerprint density at radius 3 is 2.06 bits per heavy atom. The van der Waals surface area contributed by atoms with Crippen LogP contribution in [-0.4, -0.2) is 16.5 Å². The number of rotatable bonds is 6. The van der Waals surface area contributed by atoms with Gasteiger partial charge in [0.25, 0.3) is 11.4 Å². The maximum Gasteiger partial charge on any atom is 0.276 e. The summed E-state index contributed by atoms with van der Waals surface area (Å²) >= 11 is 0. The molecule has 0 heterocycles. The molecule has 0 amide bonds. The number of nitrogens with zero attached hydrogens (tertiary/aromatic N) is 2. The molecule has 17 heavy (non-hydrogen) atoms. The standard InChI is InChI=1S/C10H12N2O5/c1-2-3-17-7-8-4-9(11(13)14)6-10(5-8)12(15)16/h4-6H,2-3,7H2,1H3. The third-order valence-electron chi connectivity index (χ3n) is 2.00. The van der Waals surface area contributed by atoms with E-state index >= 15 is 0 Å². The zero-order valence-corrected chi connectivity index (χ0v) is 9.29. The average molecular weight is 240 g/mol. The van der Waals surface area contributed by atoms with Gasteiger partial charge in [0, 0.05) is 18.7 Å². The summed E-state index contributed by atoms with van der Waals surface area (Å²) in [5.74, 6) is 0. The van der Waals surface area contributed by atoms with Crippen LogP contribution in [0.4, 0.5) is 11.4 Å². The van der Waals surface area contributed by atoms with Crippen LogP contribution in [-0.2, 0) is 11.3 Å². The fourth-order valence-corrected chi connectivity index (χ4v) is 1.28. The van der Waals surface area contributed by atoms with Crippen molar-refractivity contribution >= 4 is 11.4 Å². The van der Waals surface area contributed by atoms with Crippen molar-refractivity contribution in [3.63, 3.8) is 0 Å². The molecule has 0 radical (unpaired) electrons. The van der Waals surface area contributed by atoms with Crippen molar-refractivity contribution in [1.82, 2.24) is 0 Å². The highest BCUT2D eigenvalue weighted by molar-refractivity contribution is 5.46. The van der Waals surface area contributed by atoms with Crippen molar-refractivity contribution in [2.45, 2.75) is 20.0 Å². The van der Waals surface area contributed by atoms with E-state index in [0.717, 1.165) is 12.5 Å². The van der Waals surface area contributed by atoms with Crippen LogP contribution in [0.15, 0.2) is 18.2 Å². The van der Waals surface area contributed by atoms with Gasteiger partial charge < -0.3 is 4.74 Å². The van der Waals surface area contributed by atoms with Gasteiger partial charge in [0.1, 0.15) is 0 Å². The van der Waals surface area contributed by atoms with Crippen molar-refractivity contribution in [2.75, 3.05) is 6.61 Å². The minimum atomic E-state index is -0.656. The summed E-state index contributed by atoms with van der Waals surface area (Å²) in [6.45, 7) is 2.57. The van der Waals surface area contributed by atoms with Gasteiger partial charge in [-0.3, -0.25) is 20.2 Å². The molecule has 0 saturated carbocycles. The van der Waals surface area contributed by atoms with Crippen LogP contribution in [0.2, 0.25) is 0 Å². The fourth-order valence-electron chi connectivity index (χ4n) is 1.28. The van der Waals surface area contributed by atoms with Crippen LogP contribution >= 0.6 is 0 Å². The second kappa shape index (κ2) is 5.90. The molecule has 0 unspecified atom stereocenters. The normalized spacial score (nSPS) is 10.2. The largest absolute Gasteiger partial charge is 0.377 e. The van der Waals surface area contributed by atoms with Crippen LogP contribution in [0, 0.1) is 20.2 Å². The molecule has 0 atom stereocenters. The molecule has 0 N–H and O–H groups in total. The van der Waals surface area contributed by atoms with Gasteiger partial charge in [0.15, 0.2) is 0 Å². The van der Waals surface area contributed by atoms with E-state index in [9.17, 15) is 20.2 Å². The zero-order valence-electron chi connectivity index (χ0n) is 9.29. The lowest BCUT2D eigenvalue weighted by atomic mass is 10.2. The van der Waals surface area contributed by atoms with Crippen molar-refractivity contribution in [1.29, 1.82) is 0 Å². The summed E-state index contributed by atoms with van der Waals surface area (Å²) in [5, 5.41) is 21.2. The van der Waals surface area contributed by atoms with Gasteiger partial charge in [0.05, 0.1) is 22.5 Å². The lowest BCUT2D eigenvalue weighted by molar-refractivity contribution is -0.394. The third kappa shape index (κ3) is 3.80. The molecule has 0 fully saturated rings. The maximum absolute atomic E-state index is 10.6. The molecule has 0 aromatic heterocycles. The van der Waals surface area contributed by atoms with E-state index in [2.05, 4.69) is 0 Å². The molecule has 1 aromatic rings. The van der Waals surface area contributed by atoms with E-state index < -0.39 is 9.85 Å². The second-order valence-corrected chi connectivity index (χ2v) is 3.42. The number of benzene rings is 1. The maximum atomic E-state index is 10.6. The van der Waals surface area contributed by atoms with Crippen molar-refractivity contribution in [3.8, 4) is 0 Å². The van der Waals surface area contributed by atoms with E-state index in [0.29, 0.717) is 12.2 Å². The predicted molar refractivity (Wildman–Crippen MR) is 59.7 cm³/mol. The van der Waals surface area contributed by atoms with Crippen LogP contribution in [0.25, 0.3) is 0 Å². The number of hydrogen-bond donors (Lipinski definition) is 0. The Labute approximate surface area is 97.3 Å². The Kier molecular flexibility index (Phi) is 4.53. The molecular weight excluding hydrogens is 228 g/mol. The highest BCUT2D eigenvalue weighted by atomic mass is 16.6. The zero-order chi connectivity index (χ0) is 12.8. The van der Waals surface area contributed by atoms with Crippen LogP contribution in [0.5, 0.6) is 0 Å². The van der Waals surface area contributed by atoms with Crippen molar-refractivity contribution < 1.29 is 14.6 Å². The van der Waals surface area contributed by atoms with E-state index in [1.807, 2.05) is 6.92 Å². The summed E-state index contributed by atoms with van der Waals surface area (Å²) in [5.41, 5.74) is -0.164. The quantitative estimate of drug-likeness (QED) is 0.432. The number of nitro groups is 2. The van der Waals surface area contributed by atoms with E-state index in [4.69, 9.17) is 4.74 Å². The molecule has 0 aliphatic rings. The molecule has 0 saturated heterocycles. The lowest BCUT2D eigenvalue weighted by Gasteiger charge is -2.02. The van der Waals surface area contributed by atoms with Gasteiger partial charge in [-0.15, -0.1) is 0 Å². The Balaban J connectivity index is 2.95. The molecule has 0 aliphatic heterocycles. The summed E-state index contributed by atoms with van der Waals surface area (Å²) < 4.78 is 5.19. The van der Waals surface area contributed by atoms with Crippen LogP contribution < -0.4 is 0 Å².